The zero-order valence-corrected chi connectivity index (χ0v) is 25.0. The van der Waals surface area contributed by atoms with Crippen LogP contribution in [-0.2, 0) is 19.1 Å². The van der Waals surface area contributed by atoms with Crippen LogP contribution in [0.3, 0.4) is 0 Å². The van der Waals surface area contributed by atoms with Crippen LogP contribution in [0, 0.1) is 23.2 Å². The Bertz CT molecular complexity index is 928. The van der Waals surface area contributed by atoms with Gasteiger partial charge in [-0.3, -0.25) is 14.4 Å². The Morgan fingerprint density at radius 2 is 1.89 bits per heavy atom. The number of thioether (sulfide) groups is 1. The Morgan fingerprint density at radius 1 is 1.21 bits per heavy atom. The standard InChI is InChI=1S/C30H48N2O5S/c1-9-11-12-17-37-27(36)22-21-18-20(3)30(38-21)23(22)25(34)31(15-13-16-33)24(30)26(35)32(14-10-2)29(7,8)19-28(4,5)6/h9-10,20-24,33H,1-2,11-19H2,3-8H3/t20?,21-,22+,23-,24?,30?/m0/s1. The van der Waals surface area contributed by atoms with E-state index in [1.165, 1.54) is 0 Å². The average Bonchev–Trinajstić information content (AvgIpc) is 3.40. The quantitative estimate of drug-likeness (QED) is 0.208. The van der Waals surface area contributed by atoms with E-state index < -0.39 is 28.2 Å². The molecule has 3 aliphatic rings. The van der Waals surface area contributed by atoms with Crippen molar-refractivity contribution >= 4 is 29.5 Å². The van der Waals surface area contributed by atoms with Gasteiger partial charge in [0.1, 0.15) is 6.04 Å². The Balaban J connectivity index is 2.03. The van der Waals surface area contributed by atoms with Gasteiger partial charge in [-0.1, -0.05) is 39.8 Å². The molecule has 38 heavy (non-hydrogen) atoms. The van der Waals surface area contributed by atoms with Gasteiger partial charge >= 0.3 is 5.97 Å². The van der Waals surface area contributed by atoms with Gasteiger partial charge in [0.15, 0.2) is 0 Å². The van der Waals surface area contributed by atoms with Gasteiger partial charge in [0, 0.05) is 30.5 Å². The van der Waals surface area contributed by atoms with E-state index in [9.17, 15) is 19.5 Å². The first-order valence-corrected chi connectivity index (χ1v) is 14.9. The monoisotopic (exact) mass is 548 g/mol. The minimum absolute atomic E-state index is 0.0135. The zero-order valence-electron chi connectivity index (χ0n) is 24.2. The maximum Gasteiger partial charge on any atom is 0.310 e. The molecule has 6 atom stereocenters. The molecule has 7 nitrogen and oxygen atoms in total. The molecule has 2 amide bonds. The van der Waals surface area contributed by atoms with Crippen LogP contribution >= 0.6 is 11.8 Å². The molecule has 3 rings (SSSR count). The molecule has 0 aromatic heterocycles. The van der Waals surface area contributed by atoms with Gasteiger partial charge < -0.3 is 19.6 Å². The molecule has 2 bridgehead atoms. The molecule has 3 unspecified atom stereocenters. The van der Waals surface area contributed by atoms with E-state index >= 15 is 0 Å². The third-order valence-electron chi connectivity index (χ3n) is 8.38. The van der Waals surface area contributed by atoms with Crippen LogP contribution in [0.4, 0.5) is 0 Å². The van der Waals surface area contributed by atoms with E-state index in [1.807, 2.05) is 4.90 Å². The predicted molar refractivity (Wildman–Crippen MR) is 153 cm³/mol. The number of likely N-dealkylation sites (tertiary alicyclic amines) is 1. The van der Waals surface area contributed by atoms with Crippen molar-refractivity contribution < 1.29 is 24.2 Å². The predicted octanol–water partition coefficient (Wildman–Crippen LogP) is 4.44. The summed E-state index contributed by atoms with van der Waals surface area (Å²) in [6.07, 6.45) is 6.92. The van der Waals surface area contributed by atoms with Crippen molar-refractivity contribution in [2.75, 3.05) is 26.3 Å². The molecule has 0 aromatic rings. The Kier molecular flexibility index (Phi) is 9.50. The summed E-state index contributed by atoms with van der Waals surface area (Å²) in [5.74, 6) is -1.65. The van der Waals surface area contributed by atoms with E-state index in [0.29, 0.717) is 26.0 Å². The molecule has 3 heterocycles. The third kappa shape index (κ3) is 5.58. The second-order valence-electron chi connectivity index (χ2n) is 13.0. The molecular weight excluding hydrogens is 500 g/mol. The van der Waals surface area contributed by atoms with Crippen molar-refractivity contribution in [3.05, 3.63) is 25.3 Å². The fourth-order valence-corrected chi connectivity index (χ4v) is 9.75. The molecule has 8 heteroatoms. The van der Waals surface area contributed by atoms with Gasteiger partial charge in [0.05, 0.1) is 23.2 Å². The normalized spacial score (nSPS) is 30.3. The number of hydrogen-bond acceptors (Lipinski definition) is 6. The van der Waals surface area contributed by atoms with E-state index in [4.69, 9.17) is 4.74 Å². The van der Waals surface area contributed by atoms with Crippen LogP contribution in [-0.4, -0.2) is 80.6 Å². The van der Waals surface area contributed by atoms with Gasteiger partial charge in [0.2, 0.25) is 11.8 Å². The van der Waals surface area contributed by atoms with Gasteiger partial charge in [-0.05, 0) is 57.3 Å². The van der Waals surface area contributed by atoms with Crippen LogP contribution in [0.5, 0.6) is 0 Å². The number of allylic oxidation sites excluding steroid dienone is 1. The molecule has 0 saturated carbocycles. The molecular formula is C30H48N2O5S. The average molecular weight is 549 g/mol. The maximum atomic E-state index is 14.7. The summed E-state index contributed by atoms with van der Waals surface area (Å²) in [4.78, 5) is 45.7. The molecule has 3 aliphatic heterocycles. The number of rotatable bonds is 13. The number of aliphatic hydroxyl groups excluding tert-OH is 1. The van der Waals surface area contributed by atoms with Gasteiger partial charge in [-0.2, -0.15) is 0 Å². The number of fused-ring (bicyclic) bond motifs is 1. The Morgan fingerprint density at radius 3 is 2.47 bits per heavy atom. The third-order valence-corrected chi connectivity index (χ3v) is 10.5. The molecule has 0 aliphatic carbocycles. The van der Waals surface area contributed by atoms with Crippen molar-refractivity contribution in [3.8, 4) is 0 Å². The highest BCUT2D eigenvalue weighted by molar-refractivity contribution is 8.02. The minimum Gasteiger partial charge on any atom is -0.465 e. The molecule has 0 aromatic carbocycles. The molecule has 1 N–H and O–H groups in total. The molecule has 0 radical (unpaired) electrons. The van der Waals surface area contributed by atoms with Crippen molar-refractivity contribution in [1.29, 1.82) is 0 Å². The summed E-state index contributed by atoms with van der Waals surface area (Å²) in [5.41, 5.74) is -0.488. The second kappa shape index (κ2) is 11.7. The lowest BCUT2D eigenvalue weighted by atomic mass is 9.66. The number of nitrogens with zero attached hydrogens (tertiary/aromatic N) is 2. The fourth-order valence-electron chi connectivity index (χ4n) is 7.35. The minimum atomic E-state index is -0.700. The van der Waals surface area contributed by atoms with Crippen LogP contribution < -0.4 is 0 Å². The summed E-state index contributed by atoms with van der Waals surface area (Å²) < 4.78 is 4.96. The van der Waals surface area contributed by atoms with E-state index in [1.54, 1.807) is 28.8 Å². The highest BCUT2D eigenvalue weighted by Crippen LogP contribution is 2.69. The lowest BCUT2D eigenvalue weighted by Gasteiger charge is -2.46. The molecule has 214 valence electrons. The van der Waals surface area contributed by atoms with E-state index in [-0.39, 0.29) is 47.5 Å². The van der Waals surface area contributed by atoms with Crippen molar-refractivity contribution in [2.24, 2.45) is 23.2 Å². The molecule has 1 spiro atoms. The molecule has 3 saturated heterocycles. The fraction of sp³-hybridized carbons (Fsp3) is 0.767. The lowest BCUT2D eigenvalue weighted by Crippen LogP contribution is -2.61. The topological polar surface area (TPSA) is 87.2 Å². The molecule has 3 fully saturated rings. The highest BCUT2D eigenvalue weighted by atomic mass is 32.2. The second-order valence-corrected chi connectivity index (χ2v) is 14.6. The van der Waals surface area contributed by atoms with Crippen molar-refractivity contribution in [3.63, 3.8) is 0 Å². The SMILES string of the molecule is C=CCCCOC(=O)[C@@H]1[C@@H]2CC(C)C3(S2)C(C(=O)N(CC=C)C(C)(C)CC(C)(C)C)N(CCCO)C(=O)[C@H]13. The van der Waals surface area contributed by atoms with Crippen molar-refractivity contribution in [1.82, 2.24) is 9.80 Å². The summed E-state index contributed by atoms with van der Waals surface area (Å²) in [6, 6.07) is -0.700. The number of carbonyl (C=O) groups is 3. The largest absolute Gasteiger partial charge is 0.465 e. The van der Waals surface area contributed by atoms with Crippen LogP contribution in [0.15, 0.2) is 25.3 Å². The van der Waals surface area contributed by atoms with E-state index in [0.717, 1.165) is 19.3 Å². The van der Waals surface area contributed by atoms with Crippen molar-refractivity contribution in [2.45, 2.75) is 95.2 Å². The number of unbranched alkanes of at least 4 members (excludes halogenated alkanes) is 1. The lowest BCUT2D eigenvalue weighted by molar-refractivity contribution is -0.154. The zero-order chi connectivity index (χ0) is 28.5. The number of esters is 1. The van der Waals surface area contributed by atoms with Crippen LogP contribution in [0.1, 0.15) is 73.6 Å². The number of carbonyl (C=O) groups excluding carboxylic acids is 3. The van der Waals surface area contributed by atoms with Gasteiger partial charge in [-0.25, -0.2) is 0 Å². The number of aliphatic hydroxyl groups is 1. The smallest absolute Gasteiger partial charge is 0.310 e. The highest BCUT2D eigenvalue weighted by Gasteiger charge is 2.76. The number of ether oxygens (including phenoxy) is 1. The first kappa shape index (κ1) is 30.7. The van der Waals surface area contributed by atoms with Crippen LogP contribution in [0.2, 0.25) is 0 Å². The Labute approximate surface area is 233 Å². The van der Waals surface area contributed by atoms with Crippen LogP contribution in [0.25, 0.3) is 0 Å². The summed E-state index contributed by atoms with van der Waals surface area (Å²) in [6.45, 7) is 21.3. The van der Waals surface area contributed by atoms with E-state index in [2.05, 4.69) is 54.7 Å². The number of amides is 2. The first-order chi connectivity index (χ1) is 17.8. The Hall–Kier alpha value is -1.80. The summed E-state index contributed by atoms with van der Waals surface area (Å²) >= 11 is 1.66. The van der Waals surface area contributed by atoms with Gasteiger partial charge in [0.25, 0.3) is 0 Å². The maximum absolute atomic E-state index is 14.7. The summed E-state index contributed by atoms with van der Waals surface area (Å²) in [7, 11) is 0. The number of hydrogen-bond donors (Lipinski definition) is 1. The van der Waals surface area contributed by atoms with Gasteiger partial charge in [-0.15, -0.1) is 24.9 Å². The summed E-state index contributed by atoms with van der Waals surface area (Å²) in [5, 5.41) is 9.58. The first-order valence-electron chi connectivity index (χ1n) is 14.1.